The fourth-order valence-corrected chi connectivity index (χ4v) is 3.57. The lowest BCUT2D eigenvalue weighted by Gasteiger charge is -2.22. The summed E-state index contributed by atoms with van der Waals surface area (Å²) in [5.74, 6) is 0.898. The van der Waals surface area contributed by atoms with Crippen LogP contribution in [0.25, 0.3) is 0 Å². The van der Waals surface area contributed by atoms with Crippen molar-refractivity contribution >= 4 is 21.6 Å². The maximum absolute atomic E-state index is 12.2. The third-order valence-corrected chi connectivity index (χ3v) is 4.99. The minimum atomic E-state index is -3.44. The Morgan fingerprint density at radius 2 is 2.05 bits per heavy atom. The van der Waals surface area contributed by atoms with Crippen LogP contribution in [0.5, 0.6) is 5.75 Å². The summed E-state index contributed by atoms with van der Waals surface area (Å²) in [7, 11) is -1.90. The van der Waals surface area contributed by atoms with E-state index in [0.717, 1.165) is 5.56 Å². The molecule has 1 rings (SSSR count). The van der Waals surface area contributed by atoms with Crippen molar-refractivity contribution < 1.29 is 18.3 Å². The molecule has 0 radical (unpaired) electrons. The van der Waals surface area contributed by atoms with E-state index < -0.39 is 10.0 Å². The lowest BCUT2D eigenvalue weighted by Crippen LogP contribution is -2.35. The van der Waals surface area contributed by atoms with E-state index >= 15 is 0 Å². The monoisotopic (exact) mass is 321 g/mol. The van der Waals surface area contributed by atoms with Crippen LogP contribution in [0.3, 0.4) is 0 Å². The van der Waals surface area contributed by atoms with Gasteiger partial charge < -0.3 is 9.84 Å². The molecule has 5 nitrogen and oxygen atoms in total. The SMILES string of the molecule is COc1ccccc1CN(CCO)S(=O)(=O)CCCCl. The molecule has 0 aliphatic carbocycles. The zero-order valence-electron chi connectivity index (χ0n) is 11.5. The maximum atomic E-state index is 12.2. The Balaban J connectivity index is 2.91. The van der Waals surface area contributed by atoms with Gasteiger partial charge in [0.05, 0.1) is 19.5 Å². The van der Waals surface area contributed by atoms with Crippen molar-refractivity contribution in [3.63, 3.8) is 0 Å². The number of halogens is 1. The molecule has 1 aromatic rings. The average Bonchev–Trinajstić information content (AvgIpc) is 2.45. The average molecular weight is 322 g/mol. The van der Waals surface area contributed by atoms with Gasteiger partial charge in [0.1, 0.15) is 5.75 Å². The van der Waals surface area contributed by atoms with Crippen molar-refractivity contribution in [2.75, 3.05) is 31.9 Å². The zero-order chi connectivity index (χ0) is 15.0. The van der Waals surface area contributed by atoms with E-state index in [1.54, 1.807) is 12.1 Å². The van der Waals surface area contributed by atoms with Crippen LogP contribution in [0.15, 0.2) is 24.3 Å². The Labute approximate surface area is 125 Å². The first-order valence-electron chi connectivity index (χ1n) is 6.31. The second kappa shape index (κ2) is 8.46. The molecule has 20 heavy (non-hydrogen) atoms. The normalized spacial score (nSPS) is 11.8. The summed E-state index contributed by atoms with van der Waals surface area (Å²) in [4.78, 5) is 0. The van der Waals surface area contributed by atoms with Crippen LogP contribution in [0.1, 0.15) is 12.0 Å². The van der Waals surface area contributed by atoms with Gasteiger partial charge in [-0.1, -0.05) is 18.2 Å². The second-order valence-corrected chi connectivity index (χ2v) is 6.69. The number of ether oxygens (including phenoxy) is 1. The summed E-state index contributed by atoms with van der Waals surface area (Å²) in [6.07, 6.45) is 0.387. The summed E-state index contributed by atoms with van der Waals surface area (Å²) in [5, 5.41) is 9.07. The molecule has 0 heterocycles. The van der Waals surface area contributed by atoms with Crippen molar-refractivity contribution in [2.45, 2.75) is 13.0 Å². The molecule has 0 fully saturated rings. The van der Waals surface area contributed by atoms with Gasteiger partial charge in [-0.15, -0.1) is 11.6 Å². The number of para-hydroxylation sites is 1. The Kier molecular flexibility index (Phi) is 7.29. The van der Waals surface area contributed by atoms with Gasteiger partial charge >= 0.3 is 0 Å². The Bertz CT molecular complexity index is 507. The number of rotatable bonds is 9. The van der Waals surface area contributed by atoms with Crippen LogP contribution >= 0.6 is 11.6 Å². The lowest BCUT2D eigenvalue weighted by atomic mass is 10.2. The Morgan fingerprint density at radius 3 is 2.65 bits per heavy atom. The highest BCUT2D eigenvalue weighted by Gasteiger charge is 2.22. The van der Waals surface area contributed by atoms with E-state index in [9.17, 15) is 8.42 Å². The van der Waals surface area contributed by atoms with Crippen molar-refractivity contribution in [3.05, 3.63) is 29.8 Å². The number of alkyl halides is 1. The number of hydrogen-bond acceptors (Lipinski definition) is 4. The first kappa shape index (κ1) is 17.2. The standard InChI is InChI=1S/C13H20ClNO4S/c1-19-13-6-3-2-5-12(13)11-15(8-9-16)20(17,18)10-4-7-14/h2-3,5-6,16H,4,7-11H2,1H3. The first-order chi connectivity index (χ1) is 9.55. The van der Waals surface area contributed by atoms with Crippen LogP contribution in [-0.4, -0.2) is 49.7 Å². The van der Waals surface area contributed by atoms with E-state index in [2.05, 4.69) is 0 Å². The summed E-state index contributed by atoms with van der Waals surface area (Å²) >= 11 is 5.54. The minimum Gasteiger partial charge on any atom is -0.496 e. The van der Waals surface area contributed by atoms with Gasteiger partial charge in [0.25, 0.3) is 0 Å². The van der Waals surface area contributed by atoms with Crippen LogP contribution in [0.2, 0.25) is 0 Å². The van der Waals surface area contributed by atoms with Crippen LogP contribution < -0.4 is 4.74 Å². The molecular formula is C13H20ClNO4S. The predicted octanol–water partition coefficient (Wildman–Crippen LogP) is 1.45. The van der Waals surface area contributed by atoms with Crippen LogP contribution in [0, 0.1) is 0 Å². The maximum Gasteiger partial charge on any atom is 0.214 e. The van der Waals surface area contributed by atoms with Gasteiger partial charge in [0.15, 0.2) is 0 Å². The second-order valence-electron chi connectivity index (χ2n) is 4.23. The number of aliphatic hydroxyl groups excluding tert-OH is 1. The highest BCUT2D eigenvalue weighted by molar-refractivity contribution is 7.89. The number of sulfonamides is 1. The molecule has 0 atom stereocenters. The fourth-order valence-electron chi connectivity index (χ4n) is 1.82. The van der Waals surface area contributed by atoms with E-state index in [4.69, 9.17) is 21.4 Å². The van der Waals surface area contributed by atoms with Crippen LogP contribution in [0.4, 0.5) is 0 Å². The van der Waals surface area contributed by atoms with Crippen molar-refractivity contribution in [3.8, 4) is 5.75 Å². The van der Waals surface area contributed by atoms with E-state index in [1.165, 1.54) is 11.4 Å². The van der Waals surface area contributed by atoms with Gasteiger partial charge in [-0.2, -0.15) is 4.31 Å². The first-order valence-corrected chi connectivity index (χ1v) is 8.46. The molecule has 0 aliphatic rings. The minimum absolute atomic E-state index is 0.0222. The predicted molar refractivity (Wildman–Crippen MR) is 79.6 cm³/mol. The molecule has 1 N–H and O–H groups in total. The number of nitrogens with zero attached hydrogens (tertiary/aromatic N) is 1. The summed E-state index contributed by atoms with van der Waals surface area (Å²) in [5.41, 5.74) is 0.762. The number of aliphatic hydroxyl groups is 1. The fraction of sp³-hybridized carbons (Fsp3) is 0.538. The lowest BCUT2D eigenvalue weighted by molar-refractivity contribution is 0.250. The van der Waals surface area contributed by atoms with Gasteiger partial charge in [-0.25, -0.2) is 8.42 Å². The molecule has 0 aromatic heterocycles. The van der Waals surface area contributed by atoms with Crippen molar-refractivity contribution in [2.24, 2.45) is 0 Å². The number of methoxy groups -OCH3 is 1. The largest absolute Gasteiger partial charge is 0.496 e. The molecule has 0 spiro atoms. The number of benzene rings is 1. The van der Waals surface area contributed by atoms with Gasteiger partial charge in [-0.3, -0.25) is 0 Å². The Morgan fingerprint density at radius 1 is 1.35 bits per heavy atom. The van der Waals surface area contributed by atoms with Gasteiger partial charge in [0.2, 0.25) is 10.0 Å². The summed E-state index contributed by atoms with van der Waals surface area (Å²) in [6, 6.07) is 7.22. The molecule has 7 heteroatoms. The molecule has 1 aromatic carbocycles. The smallest absolute Gasteiger partial charge is 0.214 e. The Hall–Kier alpha value is -0.820. The quantitative estimate of drug-likeness (QED) is 0.699. The summed E-state index contributed by atoms with van der Waals surface area (Å²) in [6.45, 7) is 0.00706. The zero-order valence-corrected chi connectivity index (χ0v) is 13.0. The summed E-state index contributed by atoms with van der Waals surface area (Å²) < 4.78 is 30.9. The molecule has 0 saturated heterocycles. The third kappa shape index (κ3) is 4.94. The van der Waals surface area contributed by atoms with E-state index in [-0.39, 0.29) is 25.4 Å². The molecular weight excluding hydrogens is 302 g/mol. The highest BCUT2D eigenvalue weighted by atomic mass is 35.5. The van der Waals surface area contributed by atoms with E-state index in [0.29, 0.717) is 18.1 Å². The molecule has 0 bridgehead atoms. The van der Waals surface area contributed by atoms with Crippen molar-refractivity contribution in [1.82, 2.24) is 4.31 Å². The molecule has 0 aliphatic heterocycles. The van der Waals surface area contributed by atoms with E-state index in [1.807, 2.05) is 12.1 Å². The molecule has 114 valence electrons. The molecule has 0 saturated carbocycles. The molecule has 0 unspecified atom stereocenters. The van der Waals surface area contributed by atoms with Crippen molar-refractivity contribution in [1.29, 1.82) is 0 Å². The topological polar surface area (TPSA) is 66.8 Å². The number of hydrogen-bond donors (Lipinski definition) is 1. The molecule has 0 amide bonds. The third-order valence-electron chi connectivity index (χ3n) is 2.82. The highest BCUT2D eigenvalue weighted by Crippen LogP contribution is 2.20. The van der Waals surface area contributed by atoms with Gasteiger partial charge in [-0.05, 0) is 12.5 Å². The van der Waals surface area contributed by atoms with Crippen LogP contribution in [-0.2, 0) is 16.6 Å². The van der Waals surface area contributed by atoms with Gasteiger partial charge in [0, 0.05) is 24.5 Å².